The van der Waals surface area contributed by atoms with Crippen molar-refractivity contribution in [2.45, 2.75) is 31.7 Å². The molecule has 0 unspecified atom stereocenters. The van der Waals surface area contributed by atoms with Crippen LogP contribution in [0.25, 0.3) is 0 Å². The standard InChI is InChI=1S/C21H31N3O/c1-23-9-11-24(12-10-23)15-20(17-5-3-2-4-6-17)22-21(25)19-14-16-7-8-18(19)13-16/h2-6,16,18-20H,7-15H2,1H3,(H,22,25)/t16-,18-,19+,20+/m0/s1. The summed E-state index contributed by atoms with van der Waals surface area (Å²) >= 11 is 0. The molecule has 1 heterocycles. The Morgan fingerprint density at radius 1 is 1.12 bits per heavy atom. The maximum atomic E-state index is 13.0. The third kappa shape index (κ3) is 3.90. The summed E-state index contributed by atoms with van der Waals surface area (Å²) in [6, 6.07) is 10.6. The van der Waals surface area contributed by atoms with Gasteiger partial charge in [-0.25, -0.2) is 0 Å². The van der Waals surface area contributed by atoms with Crippen molar-refractivity contribution in [1.29, 1.82) is 0 Å². The summed E-state index contributed by atoms with van der Waals surface area (Å²) in [5.74, 6) is 2.02. The molecule has 2 bridgehead atoms. The lowest BCUT2D eigenvalue weighted by atomic mass is 9.88. The second kappa shape index (κ2) is 7.46. The fraction of sp³-hybridized carbons (Fsp3) is 0.667. The highest BCUT2D eigenvalue weighted by atomic mass is 16.2. The van der Waals surface area contributed by atoms with Crippen LogP contribution in [0.4, 0.5) is 0 Å². The Hall–Kier alpha value is -1.39. The van der Waals surface area contributed by atoms with E-state index in [0.717, 1.165) is 45.1 Å². The minimum Gasteiger partial charge on any atom is -0.348 e. The number of carbonyl (C=O) groups is 1. The molecule has 4 nitrogen and oxygen atoms in total. The summed E-state index contributed by atoms with van der Waals surface area (Å²) in [6.07, 6.45) is 5.01. The first-order chi connectivity index (χ1) is 12.2. The summed E-state index contributed by atoms with van der Waals surface area (Å²) in [5, 5.41) is 3.42. The van der Waals surface area contributed by atoms with Gasteiger partial charge in [0.25, 0.3) is 0 Å². The lowest BCUT2D eigenvalue weighted by molar-refractivity contribution is -0.127. The molecule has 2 aliphatic carbocycles. The van der Waals surface area contributed by atoms with Crippen molar-refractivity contribution in [2.75, 3.05) is 39.8 Å². The first-order valence-corrected chi connectivity index (χ1v) is 9.95. The van der Waals surface area contributed by atoms with E-state index in [0.29, 0.717) is 11.8 Å². The number of fused-ring (bicyclic) bond motifs is 2. The van der Waals surface area contributed by atoms with E-state index in [2.05, 4.69) is 46.4 Å². The minimum absolute atomic E-state index is 0.108. The molecule has 0 spiro atoms. The van der Waals surface area contributed by atoms with E-state index >= 15 is 0 Å². The minimum atomic E-state index is 0.108. The maximum Gasteiger partial charge on any atom is 0.223 e. The van der Waals surface area contributed by atoms with Crippen LogP contribution in [0, 0.1) is 17.8 Å². The van der Waals surface area contributed by atoms with Gasteiger partial charge in [-0.1, -0.05) is 36.8 Å². The molecule has 1 aromatic carbocycles. The Bertz CT molecular complexity index is 582. The Kier molecular flexibility index (Phi) is 5.09. The van der Waals surface area contributed by atoms with Gasteiger partial charge in [0.1, 0.15) is 0 Å². The zero-order valence-corrected chi connectivity index (χ0v) is 15.4. The van der Waals surface area contributed by atoms with Gasteiger partial charge in [0, 0.05) is 38.6 Å². The summed E-state index contributed by atoms with van der Waals surface area (Å²) < 4.78 is 0. The van der Waals surface area contributed by atoms with E-state index in [-0.39, 0.29) is 12.0 Å². The molecule has 4 rings (SSSR count). The predicted octanol–water partition coefficient (Wildman–Crippen LogP) is 2.53. The van der Waals surface area contributed by atoms with Crippen LogP contribution in [-0.4, -0.2) is 55.5 Å². The smallest absolute Gasteiger partial charge is 0.223 e. The van der Waals surface area contributed by atoms with Crippen molar-refractivity contribution in [1.82, 2.24) is 15.1 Å². The van der Waals surface area contributed by atoms with Crippen molar-refractivity contribution < 1.29 is 4.79 Å². The van der Waals surface area contributed by atoms with Crippen LogP contribution in [0.2, 0.25) is 0 Å². The molecule has 0 aromatic heterocycles. The number of rotatable bonds is 5. The van der Waals surface area contributed by atoms with Crippen LogP contribution in [0.15, 0.2) is 30.3 Å². The number of carbonyl (C=O) groups excluding carboxylic acids is 1. The lowest BCUT2D eigenvalue weighted by Crippen LogP contribution is -2.48. The number of nitrogens with zero attached hydrogens (tertiary/aromatic N) is 2. The van der Waals surface area contributed by atoms with Gasteiger partial charge in [0.05, 0.1) is 6.04 Å². The molecule has 1 saturated heterocycles. The van der Waals surface area contributed by atoms with Gasteiger partial charge < -0.3 is 10.2 Å². The molecule has 3 fully saturated rings. The molecule has 1 aromatic rings. The fourth-order valence-corrected chi connectivity index (χ4v) is 5.05. The average molecular weight is 341 g/mol. The average Bonchev–Trinajstić information content (AvgIpc) is 3.27. The molecule has 0 radical (unpaired) electrons. The van der Waals surface area contributed by atoms with E-state index in [1.807, 2.05) is 6.07 Å². The quantitative estimate of drug-likeness (QED) is 0.894. The Morgan fingerprint density at radius 2 is 1.88 bits per heavy atom. The molecule has 25 heavy (non-hydrogen) atoms. The monoisotopic (exact) mass is 341 g/mol. The van der Waals surface area contributed by atoms with Crippen LogP contribution in [0.5, 0.6) is 0 Å². The zero-order chi connectivity index (χ0) is 17.2. The molecule has 3 aliphatic rings. The predicted molar refractivity (Wildman–Crippen MR) is 100 cm³/mol. The SMILES string of the molecule is CN1CCN(C[C@@H](NC(=O)[C@@H]2C[C@H]3CC[C@H]2C3)c2ccccc2)CC1. The summed E-state index contributed by atoms with van der Waals surface area (Å²) in [4.78, 5) is 17.9. The Balaban J connectivity index is 1.43. The van der Waals surface area contributed by atoms with Crippen molar-refractivity contribution >= 4 is 5.91 Å². The van der Waals surface area contributed by atoms with Crippen molar-refractivity contribution in [3.05, 3.63) is 35.9 Å². The first kappa shape index (κ1) is 17.0. The third-order valence-electron chi connectivity index (χ3n) is 6.63. The van der Waals surface area contributed by atoms with Crippen LogP contribution >= 0.6 is 0 Å². The molecule has 136 valence electrons. The highest BCUT2D eigenvalue weighted by molar-refractivity contribution is 5.80. The largest absolute Gasteiger partial charge is 0.348 e. The van der Waals surface area contributed by atoms with E-state index in [1.54, 1.807) is 0 Å². The number of hydrogen-bond acceptors (Lipinski definition) is 3. The summed E-state index contributed by atoms with van der Waals surface area (Å²) in [7, 11) is 2.18. The van der Waals surface area contributed by atoms with Crippen molar-refractivity contribution in [2.24, 2.45) is 17.8 Å². The topological polar surface area (TPSA) is 35.6 Å². The van der Waals surface area contributed by atoms with E-state index < -0.39 is 0 Å². The highest BCUT2D eigenvalue weighted by Crippen LogP contribution is 2.48. The van der Waals surface area contributed by atoms with Gasteiger partial charge in [-0.3, -0.25) is 9.69 Å². The van der Waals surface area contributed by atoms with Gasteiger partial charge in [-0.15, -0.1) is 0 Å². The second-order valence-corrected chi connectivity index (χ2v) is 8.36. The Labute approximate surface area is 151 Å². The van der Waals surface area contributed by atoms with Crippen molar-refractivity contribution in [3.63, 3.8) is 0 Å². The van der Waals surface area contributed by atoms with Gasteiger partial charge in [-0.2, -0.15) is 0 Å². The molecular weight excluding hydrogens is 310 g/mol. The Morgan fingerprint density at radius 3 is 2.52 bits per heavy atom. The van der Waals surface area contributed by atoms with E-state index in [1.165, 1.54) is 24.8 Å². The lowest BCUT2D eigenvalue weighted by Gasteiger charge is -2.35. The molecule has 1 aliphatic heterocycles. The number of piperazine rings is 1. The maximum absolute atomic E-state index is 13.0. The molecule has 2 saturated carbocycles. The van der Waals surface area contributed by atoms with E-state index in [4.69, 9.17) is 0 Å². The number of benzene rings is 1. The van der Waals surface area contributed by atoms with Gasteiger partial charge >= 0.3 is 0 Å². The number of hydrogen-bond donors (Lipinski definition) is 1. The summed E-state index contributed by atoms with van der Waals surface area (Å²) in [6.45, 7) is 5.32. The third-order valence-corrected chi connectivity index (χ3v) is 6.63. The van der Waals surface area contributed by atoms with Crippen LogP contribution < -0.4 is 5.32 Å². The number of amides is 1. The van der Waals surface area contributed by atoms with Gasteiger partial charge in [0.2, 0.25) is 5.91 Å². The van der Waals surface area contributed by atoms with E-state index in [9.17, 15) is 4.79 Å². The van der Waals surface area contributed by atoms with Gasteiger partial charge in [0.15, 0.2) is 0 Å². The molecular formula is C21H31N3O. The molecule has 4 heteroatoms. The fourth-order valence-electron chi connectivity index (χ4n) is 5.05. The number of likely N-dealkylation sites (N-methyl/N-ethyl adjacent to an activating group) is 1. The summed E-state index contributed by atoms with van der Waals surface area (Å²) in [5.41, 5.74) is 1.23. The number of nitrogens with one attached hydrogen (secondary N) is 1. The van der Waals surface area contributed by atoms with Crippen molar-refractivity contribution in [3.8, 4) is 0 Å². The molecule has 1 amide bonds. The van der Waals surface area contributed by atoms with Crippen LogP contribution in [-0.2, 0) is 4.79 Å². The van der Waals surface area contributed by atoms with Crippen LogP contribution in [0.3, 0.4) is 0 Å². The van der Waals surface area contributed by atoms with Gasteiger partial charge in [-0.05, 0) is 43.7 Å². The molecule has 1 N–H and O–H groups in total. The normalized spacial score (nSPS) is 31.2. The van der Waals surface area contributed by atoms with Crippen LogP contribution in [0.1, 0.15) is 37.3 Å². The molecule has 4 atom stereocenters. The first-order valence-electron chi connectivity index (χ1n) is 9.95. The highest BCUT2D eigenvalue weighted by Gasteiger charge is 2.43. The second-order valence-electron chi connectivity index (χ2n) is 8.36. The zero-order valence-electron chi connectivity index (χ0n) is 15.4.